The van der Waals surface area contributed by atoms with Crippen molar-refractivity contribution >= 4 is 11.9 Å². The Labute approximate surface area is 122 Å². The van der Waals surface area contributed by atoms with Gasteiger partial charge in [0.25, 0.3) is 0 Å². The van der Waals surface area contributed by atoms with Crippen molar-refractivity contribution in [3.63, 3.8) is 0 Å². The molecule has 1 aliphatic heterocycles. The number of nitrogens with zero attached hydrogens (tertiary/aromatic N) is 2. The van der Waals surface area contributed by atoms with Gasteiger partial charge in [-0.1, -0.05) is 12.1 Å². The van der Waals surface area contributed by atoms with E-state index in [1.54, 1.807) is 12.3 Å². The molecule has 1 aromatic heterocycles. The van der Waals surface area contributed by atoms with Gasteiger partial charge in [0, 0.05) is 26.3 Å². The van der Waals surface area contributed by atoms with Crippen molar-refractivity contribution in [1.29, 1.82) is 0 Å². The van der Waals surface area contributed by atoms with Crippen LogP contribution in [0.4, 0.5) is 10.6 Å². The molecule has 0 spiro atoms. The smallest absolute Gasteiger partial charge is 0.410 e. The molecule has 0 radical (unpaired) electrons. The maximum absolute atomic E-state index is 11.2. The highest BCUT2D eigenvalue weighted by molar-refractivity contribution is 5.70. The molecular formula is C15H16N4O2. The highest BCUT2D eigenvalue weighted by atomic mass is 16.5. The normalized spacial score (nSPS) is 13.6. The second kappa shape index (κ2) is 5.80. The molecule has 6 nitrogen and oxygen atoms in total. The zero-order valence-corrected chi connectivity index (χ0v) is 11.7. The first-order chi connectivity index (χ1) is 10.2. The van der Waals surface area contributed by atoms with Crippen LogP contribution in [0, 0.1) is 0 Å². The summed E-state index contributed by atoms with van der Waals surface area (Å²) in [5.41, 5.74) is 5.61. The largest absolute Gasteiger partial charge is 0.412 e. The molecule has 1 aromatic carbocycles. The van der Waals surface area contributed by atoms with Gasteiger partial charge in [0.15, 0.2) is 0 Å². The summed E-state index contributed by atoms with van der Waals surface area (Å²) < 4.78 is 5.14. The lowest BCUT2D eigenvalue weighted by Crippen LogP contribution is -2.24. The average molecular weight is 284 g/mol. The van der Waals surface area contributed by atoms with Gasteiger partial charge in [0.1, 0.15) is 11.6 Å². The number of ether oxygens (including phenoxy) is 1. The zero-order chi connectivity index (χ0) is 14.7. The molecule has 0 bridgehead atoms. The summed E-state index contributed by atoms with van der Waals surface area (Å²) >= 11 is 0. The van der Waals surface area contributed by atoms with Crippen molar-refractivity contribution < 1.29 is 9.53 Å². The van der Waals surface area contributed by atoms with E-state index in [1.807, 2.05) is 30.3 Å². The van der Waals surface area contributed by atoms with Crippen molar-refractivity contribution in [2.24, 2.45) is 0 Å². The molecule has 0 aliphatic carbocycles. The van der Waals surface area contributed by atoms with E-state index in [9.17, 15) is 4.79 Å². The number of hydrogen-bond acceptors (Lipinski definition) is 5. The summed E-state index contributed by atoms with van der Waals surface area (Å²) in [5, 5.41) is 4.50. The number of rotatable bonds is 3. The van der Waals surface area contributed by atoms with E-state index >= 15 is 0 Å². The Kier molecular flexibility index (Phi) is 3.70. The quantitative estimate of drug-likeness (QED) is 0.904. The molecule has 0 atom stereocenters. The highest BCUT2D eigenvalue weighted by Crippen LogP contribution is 2.26. The summed E-state index contributed by atoms with van der Waals surface area (Å²) in [6, 6.07) is 11.4. The minimum atomic E-state index is -0.462. The Morgan fingerprint density at radius 1 is 1.24 bits per heavy atom. The molecule has 21 heavy (non-hydrogen) atoms. The van der Waals surface area contributed by atoms with Crippen molar-refractivity contribution in [3.05, 3.63) is 53.7 Å². The first-order valence-corrected chi connectivity index (χ1v) is 6.68. The summed E-state index contributed by atoms with van der Waals surface area (Å²) in [6.45, 7) is 1.52. The zero-order valence-electron chi connectivity index (χ0n) is 11.7. The number of pyridine rings is 1. The predicted octanol–water partition coefficient (Wildman–Crippen LogP) is 2.14. The van der Waals surface area contributed by atoms with Gasteiger partial charge < -0.3 is 15.5 Å². The van der Waals surface area contributed by atoms with Crippen LogP contribution < -0.4 is 15.5 Å². The minimum Gasteiger partial charge on any atom is -0.410 e. The minimum absolute atomic E-state index is 0.462. The number of fused-ring (bicyclic) bond motifs is 1. The summed E-state index contributed by atoms with van der Waals surface area (Å²) in [7, 11) is 1.54. The summed E-state index contributed by atoms with van der Waals surface area (Å²) in [6.07, 6.45) is 1.29. The lowest BCUT2D eigenvalue weighted by Gasteiger charge is -2.16. The Hall–Kier alpha value is -2.60. The maximum atomic E-state index is 11.2. The monoisotopic (exact) mass is 284 g/mol. The van der Waals surface area contributed by atoms with Crippen LogP contribution in [0.3, 0.4) is 0 Å². The predicted molar refractivity (Wildman–Crippen MR) is 78.6 cm³/mol. The van der Waals surface area contributed by atoms with E-state index in [4.69, 9.17) is 4.74 Å². The maximum Gasteiger partial charge on any atom is 0.412 e. The molecule has 6 heteroatoms. The van der Waals surface area contributed by atoms with Crippen LogP contribution in [0.15, 0.2) is 42.6 Å². The molecule has 0 unspecified atom stereocenters. The van der Waals surface area contributed by atoms with Gasteiger partial charge in [0.2, 0.25) is 0 Å². The molecule has 2 aromatic rings. The molecule has 2 N–H and O–H groups in total. The number of hydrazine groups is 1. The van der Waals surface area contributed by atoms with Crippen molar-refractivity contribution in [1.82, 2.24) is 15.3 Å². The molecule has 1 amide bonds. The van der Waals surface area contributed by atoms with Crippen LogP contribution in [0.25, 0.3) is 0 Å². The topological polar surface area (TPSA) is 66.5 Å². The van der Waals surface area contributed by atoms with Gasteiger partial charge in [-0.2, -0.15) is 0 Å². The number of benzene rings is 1. The lowest BCUT2D eigenvalue weighted by atomic mass is 10.1. The number of amides is 1. The Morgan fingerprint density at radius 2 is 2.10 bits per heavy atom. The lowest BCUT2D eigenvalue weighted by molar-refractivity contribution is 0.203. The summed E-state index contributed by atoms with van der Waals surface area (Å²) in [4.78, 5) is 15.5. The molecule has 0 saturated heterocycles. The third kappa shape index (κ3) is 3.11. The van der Waals surface area contributed by atoms with E-state index in [2.05, 4.69) is 20.7 Å². The Balaban J connectivity index is 1.68. The van der Waals surface area contributed by atoms with Crippen LogP contribution in [-0.4, -0.2) is 23.1 Å². The highest BCUT2D eigenvalue weighted by Gasteiger charge is 2.20. The number of hydrogen-bond donors (Lipinski definition) is 2. The first kappa shape index (κ1) is 13.4. The SMILES string of the molecule is CNC(=O)Oc1ccc2c(c1)CN(Nc1ccccn1)C2. The third-order valence-electron chi connectivity index (χ3n) is 3.25. The third-order valence-corrected chi connectivity index (χ3v) is 3.25. The van der Waals surface area contributed by atoms with Gasteiger partial charge in [-0.25, -0.2) is 14.8 Å². The average Bonchev–Trinajstić information content (AvgIpc) is 2.89. The Morgan fingerprint density at radius 3 is 2.86 bits per heavy atom. The van der Waals surface area contributed by atoms with Crippen LogP contribution in [0.1, 0.15) is 11.1 Å². The van der Waals surface area contributed by atoms with Gasteiger partial charge in [-0.05, 0) is 35.4 Å². The van der Waals surface area contributed by atoms with Crippen molar-refractivity contribution in [3.8, 4) is 5.75 Å². The van der Waals surface area contributed by atoms with E-state index in [1.165, 1.54) is 12.6 Å². The fourth-order valence-corrected chi connectivity index (χ4v) is 2.26. The fourth-order valence-electron chi connectivity index (χ4n) is 2.26. The molecule has 0 fully saturated rings. The second-order valence-corrected chi connectivity index (χ2v) is 4.75. The standard InChI is InChI=1S/C15H16N4O2/c1-16-15(20)21-13-6-5-11-9-19(10-12(11)8-13)18-14-4-2-3-7-17-14/h2-8H,9-10H2,1H3,(H,16,20)(H,17,18). The van der Waals surface area contributed by atoms with E-state index in [0.29, 0.717) is 5.75 Å². The number of anilines is 1. The van der Waals surface area contributed by atoms with Crippen LogP contribution >= 0.6 is 0 Å². The Bertz CT molecular complexity index is 645. The van der Waals surface area contributed by atoms with E-state index < -0.39 is 6.09 Å². The van der Waals surface area contributed by atoms with E-state index in [-0.39, 0.29) is 0 Å². The van der Waals surface area contributed by atoms with Crippen molar-refractivity contribution in [2.45, 2.75) is 13.1 Å². The first-order valence-electron chi connectivity index (χ1n) is 6.68. The number of carbonyl (C=O) groups excluding carboxylic acids is 1. The van der Waals surface area contributed by atoms with Crippen molar-refractivity contribution in [2.75, 3.05) is 12.5 Å². The number of nitrogens with one attached hydrogen (secondary N) is 2. The molecular weight excluding hydrogens is 268 g/mol. The fraction of sp³-hybridized carbons (Fsp3) is 0.200. The second-order valence-electron chi connectivity index (χ2n) is 4.75. The van der Waals surface area contributed by atoms with Gasteiger partial charge in [-0.3, -0.25) is 0 Å². The van der Waals surface area contributed by atoms with Crippen LogP contribution in [-0.2, 0) is 13.1 Å². The van der Waals surface area contributed by atoms with Gasteiger partial charge >= 0.3 is 6.09 Å². The van der Waals surface area contributed by atoms with Gasteiger partial charge in [-0.15, -0.1) is 0 Å². The number of aromatic nitrogens is 1. The van der Waals surface area contributed by atoms with Crippen LogP contribution in [0.2, 0.25) is 0 Å². The van der Waals surface area contributed by atoms with E-state index in [0.717, 1.165) is 24.5 Å². The summed E-state index contributed by atoms with van der Waals surface area (Å²) in [5.74, 6) is 1.36. The number of carbonyl (C=O) groups is 1. The molecule has 2 heterocycles. The molecule has 0 saturated carbocycles. The van der Waals surface area contributed by atoms with Gasteiger partial charge in [0.05, 0.1) is 0 Å². The molecule has 108 valence electrons. The molecule has 3 rings (SSSR count). The van der Waals surface area contributed by atoms with Crippen LogP contribution in [0.5, 0.6) is 5.75 Å². The molecule has 1 aliphatic rings.